The van der Waals surface area contributed by atoms with Gasteiger partial charge in [-0.3, -0.25) is 9.69 Å². The van der Waals surface area contributed by atoms with Gasteiger partial charge in [0.2, 0.25) is 0 Å². The number of nitrogens with zero attached hydrogens (tertiary/aromatic N) is 1. The summed E-state index contributed by atoms with van der Waals surface area (Å²) >= 11 is 0. The summed E-state index contributed by atoms with van der Waals surface area (Å²) in [6, 6.07) is 0. The second kappa shape index (κ2) is 5.62. The Morgan fingerprint density at radius 2 is 2.25 bits per heavy atom. The molecule has 1 aliphatic heterocycles. The van der Waals surface area contributed by atoms with Crippen LogP contribution in [0.1, 0.15) is 33.6 Å². The Kier molecular flexibility index (Phi) is 4.71. The van der Waals surface area contributed by atoms with Crippen LogP contribution in [0.15, 0.2) is 0 Å². The third-order valence-corrected chi connectivity index (χ3v) is 2.85. The van der Waals surface area contributed by atoms with Crippen molar-refractivity contribution in [1.29, 1.82) is 0 Å². The van der Waals surface area contributed by atoms with Crippen LogP contribution in [-0.2, 0) is 9.53 Å². The lowest BCUT2D eigenvalue weighted by atomic mass is 9.97. The molecule has 0 amide bonds. The van der Waals surface area contributed by atoms with E-state index >= 15 is 0 Å². The molecule has 1 unspecified atom stereocenters. The van der Waals surface area contributed by atoms with E-state index in [0.29, 0.717) is 26.1 Å². The van der Waals surface area contributed by atoms with Gasteiger partial charge in [0.1, 0.15) is 12.3 Å². The molecule has 0 bridgehead atoms. The van der Waals surface area contributed by atoms with Crippen molar-refractivity contribution in [2.75, 3.05) is 26.2 Å². The Morgan fingerprint density at radius 1 is 1.56 bits per heavy atom. The summed E-state index contributed by atoms with van der Waals surface area (Å²) in [5.41, 5.74) is -1.08. The third kappa shape index (κ3) is 4.47. The average molecular weight is 231 g/mol. The molecule has 1 rings (SSSR count). The van der Waals surface area contributed by atoms with Crippen LogP contribution in [-0.4, -0.2) is 42.8 Å². The first-order valence-electron chi connectivity index (χ1n) is 5.99. The number of hydrogen-bond donors (Lipinski definition) is 0. The Morgan fingerprint density at radius 3 is 2.81 bits per heavy atom. The van der Waals surface area contributed by atoms with Gasteiger partial charge in [-0.05, 0) is 26.3 Å². The van der Waals surface area contributed by atoms with Crippen molar-refractivity contribution < 1.29 is 13.9 Å². The van der Waals surface area contributed by atoms with E-state index in [4.69, 9.17) is 4.74 Å². The maximum Gasteiger partial charge on any atom is 0.308 e. The maximum absolute atomic E-state index is 13.7. The quantitative estimate of drug-likeness (QED) is 0.693. The first-order chi connectivity index (χ1) is 7.41. The summed E-state index contributed by atoms with van der Waals surface area (Å²) in [6.07, 6.45) is 1.51. The number of alkyl halides is 1. The van der Waals surface area contributed by atoms with Gasteiger partial charge in [-0.15, -0.1) is 0 Å². The van der Waals surface area contributed by atoms with Crippen molar-refractivity contribution in [1.82, 2.24) is 4.90 Å². The third-order valence-electron chi connectivity index (χ3n) is 2.85. The fraction of sp³-hybridized carbons (Fsp3) is 0.917. The van der Waals surface area contributed by atoms with Crippen LogP contribution in [0.5, 0.6) is 0 Å². The molecule has 1 saturated heterocycles. The molecule has 1 aliphatic rings. The number of hydrogen-bond acceptors (Lipinski definition) is 3. The van der Waals surface area contributed by atoms with E-state index < -0.39 is 5.67 Å². The highest BCUT2D eigenvalue weighted by atomic mass is 19.1. The van der Waals surface area contributed by atoms with Gasteiger partial charge in [0.05, 0.1) is 5.92 Å². The van der Waals surface area contributed by atoms with E-state index in [2.05, 4.69) is 0 Å². The highest BCUT2D eigenvalue weighted by molar-refractivity contribution is 5.71. The monoisotopic (exact) mass is 231 g/mol. The van der Waals surface area contributed by atoms with Gasteiger partial charge < -0.3 is 4.74 Å². The molecular formula is C12H22FNO2. The SMILES string of the molecule is CC(C)C(=O)OCCN1CCCC(C)(F)C1. The number of likely N-dealkylation sites (tertiary alicyclic amines) is 1. The lowest BCUT2D eigenvalue weighted by Crippen LogP contribution is -2.44. The van der Waals surface area contributed by atoms with E-state index in [9.17, 15) is 9.18 Å². The summed E-state index contributed by atoms with van der Waals surface area (Å²) < 4.78 is 18.8. The van der Waals surface area contributed by atoms with Gasteiger partial charge in [0.25, 0.3) is 0 Å². The zero-order chi connectivity index (χ0) is 12.2. The van der Waals surface area contributed by atoms with Gasteiger partial charge >= 0.3 is 5.97 Å². The van der Waals surface area contributed by atoms with E-state index in [1.165, 1.54) is 0 Å². The van der Waals surface area contributed by atoms with Crippen molar-refractivity contribution in [3.8, 4) is 0 Å². The predicted molar refractivity (Wildman–Crippen MR) is 61.0 cm³/mol. The molecule has 94 valence electrons. The van der Waals surface area contributed by atoms with Gasteiger partial charge in [-0.1, -0.05) is 13.8 Å². The van der Waals surface area contributed by atoms with Crippen molar-refractivity contribution >= 4 is 5.97 Å². The van der Waals surface area contributed by atoms with Crippen LogP contribution in [0.2, 0.25) is 0 Å². The van der Waals surface area contributed by atoms with E-state index in [-0.39, 0.29) is 11.9 Å². The predicted octanol–water partition coefficient (Wildman–Crippen LogP) is 2.01. The Balaban J connectivity index is 2.20. The molecular weight excluding hydrogens is 209 g/mol. The molecule has 4 heteroatoms. The minimum atomic E-state index is -1.08. The topological polar surface area (TPSA) is 29.5 Å². The number of carbonyl (C=O) groups excluding carboxylic acids is 1. The lowest BCUT2D eigenvalue weighted by molar-refractivity contribution is -0.147. The molecule has 0 aromatic carbocycles. The molecule has 16 heavy (non-hydrogen) atoms. The molecule has 0 aliphatic carbocycles. The molecule has 0 spiro atoms. The molecule has 1 fully saturated rings. The number of halogens is 1. The summed E-state index contributed by atoms with van der Waals surface area (Å²) in [4.78, 5) is 13.2. The van der Waals surface area contributed by atoms with Crippen LogP contribution in [0, 0.1) is 5.92 Å². The van der Waals surface area contributed by atoms with Crippen molar-refractivity contribution in [2.45, 2.75) is 39.3 Å². The smallest absolute Gasteiger partial charge is 0.308 e. The highest BCUT2D eigenvalue weighted by Gasteiger charge is 2.30. The highest BCUT2D eigenvalue weighted by Crippen LogP contribution is 2.23. The van der Waals surface area contributed by atoms with Crippen molar-refractivity contribution in [2.24, 2.45) is 5.92 Å². The normalized spacial score (nSPS) is 27.1. The molecule has 0 N–H and O–H groups in total. The number of carbonyl (C=O) groups is 1. The van der Waals surface area contributed by atoms with Crippen LogP contribution in [0.4, 0.5) is 4.39 Å². The van der Waals surface area contributed by atoms with Gasteiger partial charge in [0, 0.05) is 13.1 Å². The number of ether oxygens (including phenoxy) is 1. The number of esters is 1. The van der Waals surface area contributed by atoms with Gasteiger partial charge in [0.15, 0.2) is 0 Å². The number of piperidine rings is 1. The van der Waals surface area contributed by atoms with E-state index in [1.54, 1.807) is 6.92 Å². The molecule has 0 saturated carbocycles. The van der Waals surface area contributed by atoms with Crippen LogP contribution >= 0.6 is 0 Å². The second-order valence-corrected chi connectivity index (χ2v) is 5.12. The minimum Gasteiger partial charge on any atom is -0.464 e. The van der Waals surface area contributed by atoms with Crippen molar-refractivity contribution in [3.05, 3.63) is 0 Å². The minimum absolute atomic E-state index is 0.0900. The van der Waals surface area contributed by atoms with Crippen LogP contribution in [0.3, 0.4) is 0 Å². The molecule has 0 radical (unpaired) electrons. The van der Waals surface area contributed by atoms with Gasteiger partial charge in [-0.25, -0.2) is 4.39 Å². The first-order valence-corrected chi connectivity index (χ1v) is 5.99. The average Bonchev–Trinajstić information content (AvgIpc) is 2.15. The largest absolute Gasteiger partial charge is 0.464 e. The fourth-order valence-electron chi connectivity index (χ4n) is 1.93. The summed E-state index contributed by atoms with van der Waals surface area (Å²) in [5, 5.41) is 0. The van der Waals surface area contributed by atoms with E-state index in [1.807, 2.05) is 18.7 Å². The maximum atomic E-state index is 13.7. The fourth-order valence-corrected chi connectivity index (χ4v) is 1.93. The Hall–Kier alpha value is -0.640. The summed E-state index contributed by atoms with van der Waals surface area (Å²) in [7, 11) is 0. The first kappa shape index (κ1) is 13.4. The molecule has 0 aromatic rings. The zero-order valence-electron chi connectivity index (χ0n) is 10.5. The standard InChI is InChI=1S/C12H22FNO2/c1-10(2)11(15)16-8-7-14-6-4-5-12(3,13)9-14/h10H,4-9H2,1-3H3. The zero-order valence-corrected chi connectivity index (χ0v) is 10.5. The lowest BCUT2D eigenvalue weighted by Gasteiger charge is -2.34. The molecule has 0 aromatic heterocycles. The summed E-state index contributed by atoms with van der Waals surface area (Å²) in [5.74, 6) is -0.271. The molecule has 1 atom stereocenters. The summed E-state index contributed by atoms with van der Waals surface area (Å²) in [6.45, 7) is 7.61. The van der Waals surface area contributed by atoms with E-state index in [0.717, 1.165) is 13.0 Å². The van der Waals surface area contributed by atoms with Gasteiger partial charge in [-0.2, -0.15) is 0 Å². The molecule has 3 nitrogen and oxygen atoms in total. The Labute approximate surface area is 96.9 Å². The Bertz CT molecular complexity index is 241. The molecule has 1 heterocycles. The number of rotatable bonds is 4. The van der Waals surface area contributed by atoms with Crippen LogP contribution in [0.25, 0.3) is 0 Å². The van der Waals surface area contributed by atoms with Crippen molar-refractivity contribution in [3.63, 3.8) is 0 Å². The second-order valence-electron chi connectivity index (χ2n) is 5.12. The van der Waals surface area contributed by atoms with Crippen LogP contribution < -0.4 is 0 Å².